The predicted molar refractivity (Wildman–Crippen MR) is 187 cm³/mol. The molecule has 0 amide bonds. The van der Waals surface area contributed by atoms with Gasteiger partial charge < -0.3 is 28.7 Å². The van der Waals surface area contributed by atoms with Crippen LogP contribution in [-0.2, 0) is 59.3 Å². The zero-order chi connectivity index (χ0) is 38.1. The van der Waals surface area contributed by atoms with Crippen molar-refractivity contribution in [1.29, 1.82) is 0 Å². The Morgan fingerprint density at radius 1 is 0.520 bits per heavy atom. The van der Waals surface area contributed by atoms with Gasteiger partial charge in [0.1, 0.15) is 23.7 Å². The molecular weight excluding hydrogens is 644 g/mol. The third-order valence-electron chi connectivity index (χ3n) is 7.49. The van der Waals surface area contributed by atoms with Crippen LogP contribution >= 0.6 is 0 Å². The average molecular weight is 699 g/mol. The number of carbonyl (C=O) groups is 3. The molecule has 0 aromatic heterocycles. The van der Waals surface area contributed by atoms with Gasteiger partial charge in [-0.15, -0.1) is 0 Å². The van der Waals surface area contributed by atoms with Gasteiger partial charge in [-0.1, -0.05) is 76.2 Å². The van der Waals surface area contributed by atoms with Crippen LogP contribution in [0.1, 0.15) is 131 Å². The van der Waals surface area contributed by atoms with Crippen LogP contribution < -0.4 is 0 Å². The molecule has 276 valence electrons. The number of rotatable bonds is 16. The quantitative estimate of drug-likeness (QED) is 0.0416. The van der Waals surface area contributed by atoms with Gasteiger partial charge in [0.15, 0.2) is 0 Å². The van der Waals surface area contributed by atoms with Crippen LogP contribution in [-0.4, -0.2) is 29.7 Å². The molecule has 0 aliphatic heterocycles. The smallest absolute Gasteiger partial charge is 0.420 e. The lowest BCUT2D eigenvalue weighted by Gasteiger charge is -2.28. The molecule has 2 aromatic carbocycles. The molecule has 0 bridgehead atoms. The van der Waals surface area contributed by atoms with E-state index in [2.05, 4.69) is 27.7 Å². The first-order chi connectivity index (χ1) is 22.9. The molecule has 0 aliphatic carbocycles. The molecule has 50 heavy (non-hydrogen) atoms. The van der Waals surface area contributed by atoms with E-state index in [0.29, 0.717) is 11.8 Å². The topological polar surface area (TPSA) is 125 Å². The van der Waals surface area contributed by atoms with E-state index in [1.54, 1.807) is 0 Å². The van der Waals surface area contributed by atoms with Crippen LogP contribution in [0.25, 0.3) is 0 Å². The first kappa shape index (κ1) is 41.8. The number of benzene rings is 2. The van der Waals surface area contributed by atoms with Crippen LogP contribution in [0.2, 0.25) is 0 Å². The van der Waals surface area contributed by atoms with Crippen molar-refractivity contribution < 1.29 is 52.9 Å². The number of hydrogen-bond donors (Lipinski definition) is 0. The van der Waals surface area contributed by atoms with E-state index >= 15 is 0 Å². The second-order valence-electron chi connectivity index (χ2n) is 14.6. The van der Waals surface area contributed by atoms with Gasteiger partial charge in [-0.2, -0.15) is 9.78 Å². The molecular formula is C39H54O11. The Morgan fingerprint density at radius 3 is 1.10 bits per heavy atom. The van der Waals surface area contributed by atoms with E-state index in [1.165, 1.54) is 52.7 Å². The molecule has 0 spiro atoms. The van der Waals surface area contributed by atoms with Crippen LogP contribution in [0.15, 0.2) is 72.2 Å². The summed E-state index contributed by atoms with van der Waals surface area (Å²) in [5.41, 5.74) is 2.61. The van der Waals surface area contributed by atoms with Gasteiger partial charge in [0, 0.05) is 27.7 Å². The summed E-state index contributed by atoms with van der Waals surface area (Å²) in [6, 6.07) is 16.0. The highest BCUT2D eigenvalue weighted by molar-refractivity contribution is 5.88. The van der Waals surface area contributed by atoms with Crippen molar-refractivity contribution >= 4 is 18.1 Å². The lowest BCUT2D eigenvalue weighted by molar-refractivity contribution is -0.322. The van der Waals surface area contributed by atoms with Crippen molar-refractivity contribution in [3.63, 3.8) is 0 Å². The minimum absolute atomic E-state index is 0.0381. The highest BCUT2D eigenvalue weighted by Crippen LogP contribution is 2.29. The number of ether oxygens (including phenoxy) is 4. The maximum absolute atomic E-state index is 12.7. The summed E-state index contributed by atoms with van der Waals surface area (Å²) >= 11 is 0. The fourth-order valence-electron chi connectivity index (χ4n) is 4.24. The summed E-state index contributed by atoms with van der Waals surface area (Å²) in [5.74, 6) is -4.40. The lowest BCUT2D eigenvalue weighted by Crippen LogP contribution is -2.39. The summed E-state index contributed by atoms with van der Waals surface area (Å²) in [5, 5.41) is 0. The molecule has 0 saturated heterocycles. The van der Waals surface area contributed by atoms with Crippen molar-refractivity contribution in [2.75, 3.05) is 0 Å². The first-order valence-electron chi connectivity index (χ1n) is 16.6. The highest BCUT2D eigenvalue weighted by atomic mass is 17.2. The summed E-state index contributed by atoms with van der Waals surface area (Å²) in [7, 11) is 0. The molecule has 2 aromatic rings. The Hall–Kier alpha value is -4.35. The summed E-state index contributed by atoms with van der Waals surface area (Å²) in [4.78, 5) is 59.5. The molecule has 0 fully saturated rings. The normalized spacial score (nSPS) is 13.2. The van der Waals surface area contributed by atoms with Crippen LogP contribution in [0.5, 0.6) is 0 Å². The minimum atomic E-state index is -1.76. The molecule has 11 nitrogen and oxygen atoms in total. The monoisotopic (exact) mass is 698 g/mol. The molecule has 0 radical (unpaired) electrons. The Kier molecular flexibility index (Phi) is 14.3. The first-order valence-corrected chi connectivity index (χ1v) is 16.6. The molecule has 0 unspecified atom stereocenters. The van der Waals surface area contributed by atoms with Gasteiger partial charge in [0.25, 0.3) is 11.6 Å². The SMILES string of the molecule is C/C(=C\OOC(C)(C)c1ccc(C(C)C)cc1)C(=O)OC(C)(C)OC(=O)OC(C)(C)OC(=O)/C(C)=C/OOC(C)(C)c1ccc(C(C)C)cc1. The third-order valence-corrected chi connectivity index (χ3v) is 7.49. The molecule has 11 heteroatoms. The zero-order valence-electron chi connectivity index (χ0n) is 31.9. The molecule has 0 aliphatic rings. The highest BCUT2D eigenvalue weighted by Gasteiger charge is 2.35. The standard InChI is InChI=1S/C39H54O11/c1-25(2)29-15-19-31(20-16-29)36(7,8)49-43-23-27(5)33(40)45-38(11,12)47-35(42)48-39(13,14)46-34(41)28(6)24-44-50-37(9,10)32-21-17-30(18-22-32)26(3)4/h15-26H,1-14H3/b27-23+,28-24+. The summed E-state index contributed by atoms with van der Waals surface area (Å²) in [6.45, 7) is 24.0. The van der Waals surface area contributed by atoms with E-state index in [9.17, 15) is 14.4 Å². The zero-order valence-corrected chi connectivity index (χ0v) is 31.9. The largest absolute Gasteiger partial charge is 0.514 e. The molecule has 0 saturated carbocycles. The predicted octanol–water partition coefficient (Wildman–Crippen LogP) is 9.52. The molecule has 0 atom stereocenters. The third kappa shape index (κ3) is 13.2. The Morgan fingerprint density at radius 2 is 0.820 bits per heavy atom. The molecule has 0 heterocycles. The van der Waals surface area contributed by atoms with Crippen LogP contribution in [0.4, 0.5) is 4.79 Å². The van der Waals surface area contributed by atoms with E-state index in [1.807, 2.05) is 76.2 Å². The second-order valence-corrected chi connectivity index (χ2v) is 14.6. The second kappa shape index (κ2) is 17.0. The van der Waals surface area contributed by atoms with Gasteiger partial charge in [-0.3, -0.25) is 0 Å². The van der Waals surface area contributed by atoms with Crippen LogP contribution in [0, 0.1) is 0 Å². The van der Waals surface area contributed by atoms with Gasteiger partial charge >= 0.3 is 18.1 Å². The minimum Gasteiger partial charge on any atom is -0.420 e. The van der Waals surface area contributed by atoms with Crippen molar-refractivity contribution in [3.05, 3.63) is 94.5 Å². The van der Waals surface area contributed by atoms with E-state index < -0.39 is 40.9 Å². The van der Waals surface area contributed by atoms with Crippen LogP contribution in [0.3, 0.4) is 0 Å². The Labute approximate surface area is 296 Å². The summed E-state index contributed by atoms with van der Waals surface area (Å²) < 4.78 is 21.0. The van der Waals surface area contributed by atoms with E-state index in [0.717, 1.165) is 23.7 Å². The van der Waals surface area contributed by atoms with Gasteiger partial charge in [-0.05, 0) is 75.6 Å². The molecule has 0 N–H and O–H groups in total. The van der Waals surface area contributed by atoms with Crippen molar-refractivity contribution in [2.45, 2.75) is 132 Å². The van der Waals surface area contributed by atoms with E-state index in [4.69, 9.17) is 38.5 Å². The fraction of sp³-hybridized carbons (Fsp3) is 0.513. The fourth-order valence-corrected chi connectivity index (χ4v) is 4.24. The maximum atomic E-state index is 12.7. The maximum Gasteiger partial charge on any atom is 0.514 e. The number of hydrogen-bond acceptors (Lipinski definition) is 11. The van der Waals surface area contributed by atoms with E-state index in [-0.39, 0.29) is 11.1 Å². The van der Waals surface area contributed by atoms with Crippen molar-refractivity contribution in [3.8, 4) is 0 Å². The number of carbonyl (C=O) groups excluding carboxylic acids is 3. The van der Waals surface area contributed by atoms with Gasteiger partial charge in [0.05, 0.1) is 11.1 Å². The van der Waals surface area contributed by atoms with Gasteiger partial charge in [-0.25, -0.2) is 14.4 Å². The number of esters is 2. The Bertz CT molecular complexity index is 1400. The van der Waals surface area contributed by atoms with Crippen molar-refractivity contribution in [1.82, 2.24) is 0 Å². The lowest BCUT2D eigenvalue weighted by atomic mass is 9.94. The average Bonchev–Trinajstić information content (AvgIpc) is 2.99. The van der Waals surface area contributed by atoms with Gasteiger partial charge in [0.2, 0.25) is 0 Å². The Balaban J connectivity index is 1.87. The summed E-state index contributed by atoms with van der Waals surface area (Å²) in [6.07, 6.45) is 0.941. The molecule has 2 rings (SSSR count). The van der Waals surface area contributed by atoms with Crippen molar-refractivity contribution in [2.24, 2.45) is 0 Å².